The van der Waals surface area contributed by atoms with E-state index < -0.39 is 12.0 Å². The van der Waals surface area contributed by atoms with Crippen molar-refractivity contribution in [3.63, 3.8) is 0 Å². The lowest BCUT2D eigenvalue weighted by atomic mass is 10.3. The van der Waals surface area contributed by atoms with Crippen LogP contribution in [0.15, 0.2) is 10.8 Å². The number of rotatable bonds is 1. The smallest absolute Gasteiger partial charge is 0.346 e. The summed E-state index contributed by atoms with van der Waals surface area (Å²) in [5.74, 6) is -0.232. The van der Waals surface area contributed by atoms with Crippen LogP contribution in [0.5, 0.6) is 0 Å². The largest absolute Gasteiger partial charge is 0.451 e. The second kappa shape index (κ2) is 5.09. The molecule has 6 nitrogen and oxygen atoms in total. The van der Waals surface area contributed by atoms with Crippen LogP contribution in [-0.4, -0.2) is 31.3 Å². The average Bonchev–Trinajstić information content (AvgIpc) is 2.84. The molecule has 3 rings (SSSR count). The summed E-state index contributed by atoms with van der Waals surface area (Å²) in [5, 5.41) is 7.08. The van der Waals surface area contributed by atoms with Crippen molar-refractivity contribution in [2.45, 2.75) is 19.3 Å². The van der Waals surface area contributed by atoms with E-state index in [0.29, 0.717) is 16.8 Å². The van der Waals surface area contributed by atoms with Crippen LogP contribution in [0, 0.1) is 0 Å². The average molecular weight is 384 g/mol. The predicted molar refractivity (Wildman–Crippen MR) is 70.8 cm³/mol. The van der Waals surface area contributed by atoms with Crippen molar-refractivity contribution < 1.29 is 13.2 Å². The minimum atomic E-state index is -4.51. The Morgan fingerprint density at radius 3 is 2.67 bits per heavy atom. The van der Waals surface area contributed by atoms with Gasteiger partial charge >= 0.3 is 6.18 Å². The van der Waals surface area contributed by atoms with Crippen LogP contribution in [-0.2, 0) is 19.3 Å². The molecule has 0 spiro atoms. The molecule has 0 unspecified atom stereocenters. The fourth-order valence-electron chi connectivity index (χ4n) is 2.11. The van der Waals surface area contributed by atoms with Crippen molar-refractivity contribution >= 4 is 33.3 Å². The molecule has 0 atom stereocenters. The van der Waals surface area contributed by atoms with Crippen molar-refractivity contribution in [3.8, 4) is 0 Å². The van der Waals surface area contributed by atoms with Gasteiger partial charge in [0, 0.05) is 13.1 Å². The highest BCUT2D eigenvalue weighted by Crippen LogP contribution is 2.33. The molecule has 1 aliphatic rings. The Morgan fingerprint density at radius 2 is 1.95 bits per heavy atom. The van der Waals surface area contributed by atoms with Crippen LogP contribution in [0.3, 0.4) is 0 Å². The summed E-state index contributed by atoms with van der Waals surface area (Å²) in [6.45, 7) is 0.611. The van der Waals surface area contributed by atoms with Crippen LogP contribution in [0.2, 0.25) is 5.15 Å². The summed E-state index contributed by atoms with van der Waals surface area (Å²) in [7, 11) is 0. The van der Waals surface area contributed by atoms with E-state index in [4.69, 9.17) is 11.6 Å². The van der Waals surface area contributed by atoms with Gasteiger partial charge in [-0.05, 0) is 15.9 Å². The van der Waals surface area contributed by atoms with Crippen molar-refractivity contribution in [1.29, 1.82) is 0 Å². The molecule has 0 amide bonds. The maximum atomic E-state index is 12.8. The Balaban J connectivity index is 1.92. The third-order valence-electron chi connectivity index (χ3n) is 3.03. The molecule has 2 aromatic heterocycles. The van der Waals surface area contributed by atoms with Gasteiger partial charge in [0.15, 0.2) is 5.82 Å². The first kappa shape index (κ1) is 14.5. The summed E-state index contributed by atoms with van der Waals surface area (Å²) >= 11 is 9.16. The molecule has 3 heterocycles. The van der Waals surface area contributed by atoms with Gasteiger partial charge in [-0.1, -0.05) is 11.6 Å². The lowest BCUT2D eigenvalue weighted by molar-refractivity contribution is -0.147. The van der Waals surface area contributed by atoms with E-state index in [1.807, 2.05) is 0 Å². The number of hydrogen-bond donors (Lipinski definition) is 0. The maximum absolute atomic E-state index is 12.8. The Labute approximate surface area is 130 Å². The van der Waals surface area contributed by atoms with E-state index in [2.05, 4.69) is 36.1 Å². The van der Waals surface area contributed by atoms with Gasteiger partial charge < -0.3 is 9.47 Å². The first-order valence-electron chi connectivity index (χ1n) is 5.78. The number of aromatic nitrogens is 5. The number of hydrogen-bond acceptors (Lipinski definition) is 5. The minimum Gasteiger partial charge on any atom is -0.346 e. The molecule has 0 saturated carbocycles. The third-order valence-corrected chi connectivity index (χ3v) is 4.28. The van der Waals surface area contributed by atoms with E-state index in [0.717, 1.165) is 4.57 Å². The molecule has 0 saturated heterocycles. The molecular weight excluding hydrogens is 377 g/mol. The highest BCUT2D eigenvalue weighted by atomic mass is 79.9. The lowest BCUT2D eigenvalue weighted by Crippen LogP contribution is -2.36. The topological polar surface area (TPSA) is 59.7 Å². The summed E-state index contributed by atoms with van der Waals surface area (Å²) < 4.78 is 39.9. The van der Waals surface area contributed by atoms with Crippen LogP contribution >= 0.6 is 27.5 Å². The molecule has 0 aliphatic carbocycles. The highest BCUT2D eigenvalue weighted by molar-refractivity contribution is 9.10. The van der Waals surface area contributed by atoms with Crippen LogP contribution < -0.4 is 4.90 Å². The van der Waals surface area contributed by atoms with Gasteiger partial charge in [0.25, 0.3) is 0 Å². The molecule has 0 N–H and O–H groups in total. The van der Waals surface area contributed by atoms with Crippen LogP contribution in [0.1, 0.15) is 11.6 Å². The molecule has 11 heteroatoms. The zero-order valence-electron chi connectivity index (χ0n) is 10.3. The van der Waals surface area contributed by atoms with E-state index in [1.54, 1.807) is 4.90 Å². The minimum absolute atomic E-state index is 0.116. The standard InChI is InChI=1S/C10H7BrClF3N6/c11-6-7(12)16-4-17-8(6)20-1-2-21-5(3-20)18-19-9(21)10(13,14)15/h4H,1-3H2. The van der Waals surface area contributed by atoms with E-state index in [9.17, 15) is 13.2 Å². The van der Waals surface area contributed by atoms with Gasteiger partial charge in [0.05, 0.1) is 11.0 Å². The van der Waals surface area contributed by atoms with Crippen molar-refractivity contribution in [2.24, 2.45) is 0 Å². The van der Waals surface area contributed by atoms with E-state index in [1.165, 1.54) is 6.33 Å². The van der Waals surface area contributed by atoms with E-state index >= 15 is 0 Å². The monoisotopic (exact) mass is 382 g/mol. The molecule has 112 valence electrons. The molecule has 0 fully saturated rings. The summed E-state index contributed by atoms with van der Waals surface area (Å²) in [6, 6.07) is 0. The van der Waals surface area contributed by atoms with Gasteiger partial charge in [0.1, 0.15) is 17.3 Å². The molecular formula is C10H7BrClF3N6. The van der Waals surface area contributed by atoms with Gasteiger partial charge in [-0.3, -0.25) is 0 Å². The van der Waals surface area contributed by atoms with Crippen LogP contribution in [0.25, 0.3) is 0 Å². The summed E-state index contributed by atoms with van der Waals surface area (Å²) in [5.41, 5.74) is 0. The summed E-state index contributed by atoms with van der Waals surface area (Å²) in [4.78, 5) is 9.67. The normalized spacial score (nSPS) is 15.2. The molecule has 0 aromatic carbocycles. The SMILES string of the molecule is FC(F)(F)c1nnc2n1CCN(c1ncnc(Cl)c1Br)C2. The van der Waals surface area contributed by atoms with Crippen molar-refractivity contribution in [2.75, 3.05) is 11.4 Å². The second-order valence-electron chi connectivity index (χ2n) is 4.31. The fourth-order valence-corrected chi connectivity index (χ4v) is 2.69. The highest BCUT2D eigenvalue weighted by Gasteiger charge is 2.39. The maximum Gasteiger partial charge on any atom is 0.451 e. The molecule has 2 aromatic rings. The number of fused-ring (bicyclic) bond motifs is 1. The molecule has 0 radical (unpaired) electrons. The quantitative estimate of drug-likeness (QED) is 0.708. The number of halogens is 5. The third kappa shape index (κ3) is 2.57. The Hall–Kier alpha value is -1.42. The molecule has 21 heavy (non-hydrogen) atoms. The first-order valence-corrected chi connectivity index (χ1v) is 6.95. The van der Waals surface area contributed by atoms with Gasteiger partial charge in [-0.25, -0.2) is 9.97 Å². The van der Waals surface area contributed by atoms with Gasteiger partial charge in [-0.15, -0.1) is 10.2 Å². The Kier molecular flexibility index (Phi) is 3.52. The number of anilines is 1. The second-order valence-corrected chi connectivity index (χ2v) is 5.46. The first-order chi connectivity index (χ1) is 9.88. The molecule has 0 bridgehead atoms. The zero-order valence-corrected chi connectivity index (χ0v) is 12.6. The van der Waals surface area contributed by atoms with Crippen molar-refractivity contribution in [1.82, 2.24) is 24.7 Å². The van der Waals surface area contributed by atoms with E-state index in [-0.39, 0.29) is 24.1 Å². The summed E-state index contributed by atoms with van der Waals surface area (Å²) in [6.07, 6.45) is -3.21. The molecule has 1 aliphatic heterocycles. The lowest BCUT2D eigenvalue weighted by Gasteiger charge is -2.29. The Morgan fingerprint density at radius 1 is 1.19 bits per heavy atom. The zero-order chi connectivity index (χ0) is 15.2. The Bertz CT molecular complexity index is 688. The predicted octanol–water partition coefficient (Wildman–Crippen LogP) is 2.52. The van der Waals surface area contributed by atoms with Crippen molar-refractivity contribution in [3.05, 3.63) is 27.6 Å². The van der Waals surface area contributed by atoms with Gasteiger partial charge in [-0.2, -0.15) is 13.2 Å². The number of nitrogens with zero attached hydrogens (tertiary/aromatic N) is 6. The van der Waals surface area contributed by atoms with Crippen LogP contribution in [0.4, 0.5) is 19.0 Å². The fraction of sp³-hybridized carbons (Fsp3) is 0.400. The van der Waals surface area contributed by atoms with Gasteiger partial charge in [0.2, 0.25) is 5.82 Å². The number of alkyl halides is 3.